The van der Waals surface area contributed by atoms with Gasteiger partial charge >= 0.3 is 0 Å². The maximum atomic E-state index is 13.4. The van der Waals surface area contributed by atoms with Crippen LogP contribution in [-0.4, -0.2) is 12.5 Å². The monoisotopic (exact) mass is 361 g/mol. The summed E-state index contributed by atoms with van der Waals surface area (Å²) >= 11 is 17.6. The summed E-state index contributed by atoms with van der Waals surface area (Å²) in [6.07, 6.45) is 0. The van der Waals surface area contributed by atoms with E-state index in [1.807, 2.05) is 0 Å². The van der Waals surface area contributed by atoms with E-state index < -0.39 is 11.7 Å². The van der Waals surface area contributed by atoms with Crippen LogP contribution >= 0.6 is 34.8 Å². The van der Waals surface area contributed by atoms with Crippen LogP contribution in [0.2, 0.25) is 15.1 Å². The molecule has 0 saturated carbocycles. The van der Waals surface area contributed by atoms with Crippen molar-refractivity contribution in [2.24, 2.45) is 0 Å². The third kappa shape index (κ3) is 4.26. The Hall–Kier alpha value is -1.49. The molecule has 2 aromatic rings. The molecule has 1 amide bonds. The van der Waals surface area contributed by atoms with Crippen LogP contribution in [0.1, 0.15) is 5.56 Å². The Balaban J connectivity index is 1.98. The van der Waals surface area contributed by atoms with E-state index in [2.05, 4.69) is 5.32 Å². The summed E-state index contributed by atoms with van der Waals surface area (Å²) in [6.45, 7) is 1.34. The third-order valence-corrected chi connectivity index (χ3v) is 3.81. The standard InChI is InChI=1S/C15H11Cl3FNO2/c1-8-2-3-9(4-13(8)19)20-15(21)7-22-14-6-11(17)10(16)5-12(14)18/h2-6H,7H2,1H3,(H,20,21). The molecule has 0 spiro atoms. The van der Waals surface area contributed by atoms with Crippen LogP contribution < -0.4 is 10.1 Å². The van der Waals surface area contributed by atoms with E-state index in [0.29, 0.717) is 16.3 Å². The van der Waals surface area contributed by atoms with E-state index >= 15 is 0 Å². The SMILES string of the molecule is Cc1ccc(NC(=O)COc2cc(Cl)c(Cl)cc2Cl)cc1F. The van der Waals surface area contributed by atoms with Crippen LogP contribution in [0.15, 0.2) is 30.3 Å². The van der Waals surface area contributed by atoms with Gasteiger partial charge in [-0.15, -0.1) is 0 Å². The van der Waals surface area contributed by atoms with Gasteiger partial charge in [0.25, 0.3) is 5.91 Å². The lowest BCUT2D eigenvalue weighted by Gasteiger charge is -2.10. The van der Waals surface area contributed by atoms with Gasteiger partial charge in [-0.3, -0.25) is 4.79 Å². The first kappa shape index (κ1) is 16.9. The number of halogens is 4. The summed E-state index contributed by atoms with van der Waals surface area (Å²) in [5, 5.41) is 3.32. The minimum atomic E-state index is -0.453. The Kier molecular flexibility index (Phi) is 5.51. The maximum absolute atomic E-state index is 13.4. The molecule has 0 radical (unpaired) electrons. The van der Waals surface area contributed by atoms with Crippen molar-refractivity contribution >= 4 is 46.4 Å². The highest BCUT2D eigenvalue weighted by molar-refractivity contribution is 6.43. The summed E-state index contributed by atoms with van der Waals surface area (Å²) in [4.78, 5) is 11.8. The fourth-order valence-corrected chi connectivity index (χ4v) is 2.22. The van der Waals surface area contributed by atoms with Crippen molar-refractivity contribution < 1.29 is 13.9 Å². The summed E-state index contributed by atoms with van der Waals surface area (Å²) < 4.78 is 18.7. The summed E-state index contributed by atoms with van der Waals surface area (Å²) in [6, 6.07) is 7.25. The van der Waals surface area contributed by atoms with E-state index in [1.165, 1.54) is 18.2 Å². The van der Waals surface area contributed by atoms with Gasteiger partial charge in [0.05, 0.1) is 15.1 Å². The second-order valence-electron chi connectivity index (χ2n) is 4.50. The Labute approximate surface area is 141 Å². The number of rotatable bonds is 4. The Morgan fingerprint density at radius 3 is 2.50 bits per heavy atom. The van der Waals surface area contributed by atoms with E-state index in [1.54, 1.807) is 19.1 Å². The number of anilines is 1. The lowest BCUT2D eigenvalue weighted by molar-refractivity contribution is -0.118. The molecule has 2 rings (SSSR count). The fraction of sp³-hybridized carbons (Fsp3) is 0.133. The number of hydrogen-bond donors (Lipinski definition) is 1. The molecule has 7 heteroatoms. The molecule has 0 aliphatic carbocycles. The van der Waals surface area contributed by atoms with Crippen molar-refractivity contribution in [2.45, 2.75) is 6.92 Å². The van der Waals surface area contributed by atoms with Gasteiger partial charge < -0.3 is 10.1 Å². The third-order valence-electron chi connectivity index (χ3n) is 2.79. The molecule has 0 heterocycles. The molecule has 0 aliphatic rings. The van der Waals surface area contributed by atoms with Gasteiger partial charge in [0.15, 0.2) is 6.61 Å². The van der Waals surface area contributed by atoms with Crippen LogP contribution in [0.3, 0.4) is 0 Å². The molecular weight excluding hydrogens is 352 g/mol. The topological polar surface area (TPSA) is 38.3 Å². The van der Waals surface area contributed by atoms with Crippen molar-refractivity contribution in [3.05, 3.63) is 56.8 Å². The smallest absolute Gasteiger partial charge is 0.262 e. The largest absolute Gasteiger partial charge is 0.482 e. The number of aryl methyl sites for hydroxylation is 1. The van der Waals surface area contributed by atoms with Gasteiger partial charge in [-0.2, -0.15) is 0 Å². The average molecular weight is 363 g/mol. The van der Waals surface area contributed by atoms with Crippen LogP contribution in [0.4, 0.5) is 10.1 Å². The van der Waals surface area contributed by atoms with Crippen LogP contribution in [0, 0.1) is 12.7 Å². The minimum absolute atomic E-state index is 0.237. The number of amides is 1. The first-order valence-electron chi connectivity index (χ1n) is 6.20. The Bertz CT molecular complexity index is 722. The number of benzene rings is 2. The Morgan fingerprint density at radius 1 is 1.14 bits per heavy atom. The number of nitrogens with one attached hydrogen (secondary N) is 1. The summed E-state index contributed by atoms with van der Waals surface area (Å²) in [5.41, 5.74) is 0.841. The lowest BCUT2D eigenvalue weighted by Crippen LogP contribution is -2.20. The molecule has 0 aromatic heterocycles. The van der Waals surface area contributed by atoms with Crippen molar-refractivity contribution in [1.82, 2.24) is 0 Å². The van der Waals surface area contributed by atoms with E-state index in [-0.39, 0.29) is 22.4 Å². The molecule has 2 aromatic carbocycles. The number of carbonyl (C=O) groups excluding carboxylic acids is 1. The molecule has 0 aliphatic heterocycles. The zero-order valence-electron chi connectivity index (χ0n) is 11.4. The predicted molar refractivity (Wildman–Crippen MR) is 86.7 cm³/mol. The maximum Gasteiger partial charge on any atom is 0.262 e. The predicted octanol–water partition coefficient (Wildman–Crippen LogP) is 5.11. The van der Waals surface area contributed by atoms with Gasteiger partial charge in [0.1, 0.15) is 11.6 Å². The van der Waals surface area contributed by atoms with Gasteiger partial charge in [-0.1, -0.05) is 40.9 Å². The second kappa shape index (κ2) is 7.18. The first-order chi connectivity index (χ1) is 10.4. The van der Waals surface area contributed by atoms with Crippen LogP contribution in [-0.2, 0) is 4.79 Å². The number of carbonyl (C=O) groups is 1. The Morgan fingerprint density at radius 2 is 1.82 bits per heavy atom. The molecule has 22 heavy (non-hydrogen) atoms. The highest BCUT2D eigenvalue weighted by Crippen LogP contribution is 2.33. The quantitative estimate of drug-likeness (QED) is 0.767. The zero-order valence-corrected chi connectivity index (χ0v) is 13.7. The lowest BCUT2D eigenvalue weighted by atomic mass is 10.2. The van der Waals surface area contributed by atoms with Crippen LogP contribution in [0.5, 0.6) is 5.75 Å². The van der Waals surface area contributed by atoms with E-state index in [9.17, 15) is 9.18 Å². The van der Waals surface area contributed by atoms with E-state index in [0.717, 1.165) is 0 Å². The summed E-state index contributed by atoms with van der Waals surface area (Å²) in [5.74, 6) is -0.613. The van der Waals surface area contributed by atoms with Gasteiger partial charge in [-0.05, 0) is 30.7 Å². The van der Waals surface area contributed by atoms with Gasteiger partial charge in [-0.25, -0.2) is 4.39 Å². The highest BCUT2D eigenvalue weighted by atomic mass is 35.5. The number of ether oxygens (including phenoxy) is 1. The van der Waals surface area contributed by atoms with Crippen LogP contribution in [0.25, 0.3) is 0 Å². The highest BCUT2D eigenvalue weighted by Gasteiger charge is 2.10. The van der Waals surface area contributed by atoms with Crippen molar-refractivity contribution in [3.8, 4) is 5.75 Å². The molecule has 0 saturated heterocycles. The summed E-state index contributed by atoms with van der Waals surface area (Å²) in [7, 11) is 0. The molecule has 0 bridgehead atoms. The van der Waals surface area contributed by atoms with Gasteiger partial charge in [0, 0.05) is 11.8 Å². The minimum Gasteiger partial charge on any atom is -0.482 e. The zero-order chi connectivity index (χ0) is 16.3. The van der Waals surface area contributed by atoms with Crippen molar-refractivity contribution in [3.63, 3.8) is 0 Å². The van der Waals surface area contributed by atoms with Crippen molar-refractivity contribution in [1.29, 1.82) is 0 Å². The normalized spacial score (nSPS) is 10.4. The molecule has 1 N–H and O–H groups in total. The molecule has 0 fully saturated rings. The molecule has 0 atom stereocenters. The average Bonchev–Trinajstić information content (AvgIpc) is 2.45. The van der Waals surface area contributed by atoms with Crippen molar-refractivity contribution in [2.75, 3.05) is 11.9 Å². The molecular formula is C15H11Cl3FNO2. The molecule has 116 valence electrons. The number of hydrogen-bond acceptors (Lipinski definition) is 2. The fourth-order valence-electron chi connectivity index (χ4n) is 1.63. The molecule has 0 unspecified atom stereocenters. The first-order valence-corrected chi connectivity index (χ1v) is 7.33. The van der Waals surface area contributed by atoms with Gasteiger partial charge in [0.2, 0.25) is 0 Å². The second-order valence-corrected chi connectivity index (χ2v) is 5.72. The molecule has 3 nitrogen and oxygen atoms in total. The van der Waals surface area contributed by atoms with E-state index in [4.69, 9.17) is 39.5 Å².